The predicted octanol–water partition coefficient (Wildman–Crippen LogP) is 2.73. The molecule has 2 aromatic carbocycles. The summed E-state index contributed by atoms with van der Waals surface area (Å²) >= 11 is 0. The first-order chi connectivity index (χ1) is 20.4. The van der Waals surface area contributed by atoms with Gasteiger partial charge in [-0.1, -0.05) is 66.7 Å². The van der Waals surface area contributed by atoms with Gasteiger partial charge in [-0.05, 0) is 23.3 Å². The van der Waals surface area contributed by atoms with Crippen molar-refractivity contribution in [1.82, 2.24) is 31.4 Å². The highest BCUT2D eigenvalue weighted by atomic mass is 32.2. The topological polar surface area (TPSA) is 131 Å². The van der Waals surface area contributed by atoms with Gasteiger partial charge in [0, 0.05) is 53.2 Å². The van der Waals surface area contributed by atoms with E-state index in [0.717, 1.165) is 27.7 Å². The molecule has 4 rings (SSSR count). The summed E-state index contributed by atoms with van der Waals surface area (Å²) in [5.41, 5.74) is 2.45. The van der Waals surface area contributed by atoms with Gasteiger partial charge in [0.1, 0.15) is 12.7 Å². The maximum Gasteiger partial charge on any atom is 0.308 e. The molecule has 14 heteroatoms. The van der Waals surface area contributed by atoms with Gasteiger partial charge in [0.15, 0.2) is 0 Å². The zero-order valence-electron chi connectivity index (χ0n) is 24.2. The average Bonchev–Trinajstić information content (AvgIpc) is 3.67. The van der Waals surface area contributed by atoms with Crippen LogP contribution in [0, 0.1) is 0 Å². The van der Waals surface area contributed by atoms with Crippen molar-refractivity contribution in [1.29, 1.82) is 0 Å². The van der Waals surface area contributed by atoms with Crippen LogP contribution in [0.4, 0.5) is 0 Å². The van der Waals surface area contributed by atoms with E-state index in [0.29, 0.717) is 5.69 Å². The summed E-state index contributed by atoms with van der Waals surface area (Å²) in [7, 11) is -1.76. The number of carbonyl (C=O) groups excluding carboxylic acids is 1. The van der Waals surface area contributed by atoms with Crippen LogP contribution in [0.5, 0.6) is 0 Å². The monoisotopic (exact) mass is 623 g/mol. The van der Waals surface area contributed by atoms with E-state index in [1.807, 2.05) is 60.7 Å². The Labute approximate surface area is 252 Å². The standard InChI is InChI=1S/C29H33N7O5S2/c1-32(2)42(38,39)34-20-26(30-22-34)16-11-19-36(29(24-12-7-5-8-13-24)25-14-9-6-10-15-25)28(37)18-17-27-21-35(23-31-27)43(40,41)33(3)4/h5-18,20-23,29H,19H2,1-4H3/b16-11+,18-17+. The average molecular weight is 624 g/mol. The SMILES string of the molecule is CN(C)S(=O)(=O)n1cnc(/C=C/CN(C(=O)/C=C/c2cn(S(=O)(=O)N(C)C)cn2)C(c2ccccc2)c2ccccc2)c1. The first-order valence-corrected chi connectivity index (χ1v) is 15.9. The molecule has 0 aliphatic heterocycles. The van der Waals surface area contributed by atoms with E-state index in [4.69, 9.17) is 0 Å². The molecule has 4 aromatic rings. The summed E-state index contributed by atoms with van der Waals surface area (Å²) < 4.78 is 53.8. The maximum atomic E-state index is 13.8. The molecule has 0 bridgehead atoms. The van der Waals surface area contributed by atoms with Crippen molar-refractivity contribution >= 4 is 38.5 Å². The summed E-state index contributed by atoms with van der Waals surface area (Å²) in [6.07, 6.45) is 11.3. The van der Waals surface area contributed by atoms with Crippen LogP contribution in [-0.4, -0.2) is 88.9 Å². The van der Waals surface area contributed by atoms with Gasteiger partial charge in [-0.2, -0.15) is 25.4 Å². The molecule has 0 fully saturated rings. The molecule has 0 aliphatic rings. The third-order valence-corrected chi connectivity index (χ3v) is 9.74. The van der Waals surface area contributed by atoms with Crippen LogP contribution in [0.25, 0.3) is 12.2 Å². The fourth-order valence-electron chi connectivity index (χ4n) is 4.13. The highest BCUT2D eigenvalue weighted by Gasteiger charge is 2.25. The number of aromatic nitrogens is 4. The van der Waals surface area contributed by atoms with Crippen molar-refractivity contribution in [3.8, 4) is 0 Å². The molecular formula is C29H33N7O5S2. The predicted molar refractivity (Wildman–Crippen MR) is 165 cm³/mol. The minimum atomic E-state index is -3.75. The van der Waals surface area contributed by atoms with E-state index in [9.17, 15) is 21.6 Å². The number of carbonyl (C=O) groups is 1. The molecule has 0 unspecified atom stereocenters. The molecule has 43 heavy (non-hydrogen) atoms. The molecular weight excluding hydrogens is 590 g/mol. The lowest BCUT2D eigenvalue weighted by atomic mass is 9.96. The Morgan fingerprint density at radius 2 is 1.19 bits per heavy atom. The van der Waals surface area contributed by atoms with E-state index < -0.39 is 26.5 Å². The van der Waals surface area contributed by atoms with Crippen LogP contribution in [0.1, 0.15) is 28.6 Å². The summed E-state index contributed by atoms with van der Waals surface area (Å²) in [5, 5.41) is 0. The van der Waals surface area contributed by atoms with Crippen molar-refractivity contribution in [3.05, 3.63) is 120 Å². The van der Waals surface area contributed by atoms with Crippen molar-refractivity contribution in [2.24, 2.45) is 0 Å². The molecule has 0 atom stereocenters. The molecule has 2 heterocycles. The second-order valence-corrected chi connectivity index (χ2v) is 13.9. The zero-order valence-corrected chi connectivity index (χ0v) is 25.8. The summed E-state index contributed by atoms with van der Waals surface area (Å²) in [6, 6.07) is 18.7. The lowest BCUT2D eigenvalue weighted by Crippen LogP contribution is -2.34. The van der Waals surface area contributed by atoms with E-state index in [-0.39, 0.29) is 18.1 Å². The van der Waals surface area contributed by atoms with E-state index >= 15 is 0 Å². The molecule has 1 amide bonds. The second kappa shape index (κ2) is 13.3. The largest absolute Gasteiger partial charge is 0.324 e. The first kappa shape index (κ1) is 31.6. The van der Waals surface area contributed by atoms with Crippen LogP contribution in [-0.2, 0) is 25.2 Å². The maximum absolute atomic E-state index is 13.8. The van der Waals surface area contributed by atoms with E-state index in [2.05, 4.69) is 9.97 Å². The molecule has 2 aromatic heterocycles. The Morgan fingerprint density at radius 3 is 1.63 bits per heavy atom. The number of amides is 1. The minimum absolute atomic E-state index is 0.147. The Hall–Kier alpha value is -4.37. The van der Waals surface area contributed by atoms with Gasteiger partial charge < -0.3 is 4.90 Å². The molecule has 0 spiro atoms. The molecule has 0 saturated heterocycles. The van der Waals surface area contributed by atoms with Gasteiger partial charge in [0.25, 0.3) is 0 Å². The van der Waals surface area contributed by atoms with E-state index in [1.165, 1.54) is 65.4 Å². The third-order valence-electron chi connectivity index (χ3n) is 6.43. The summed E-state index contributed by atoms with van der Waals surface area (Å²) in [6.45, 7) is 0.147. The van der Waals surface area contributed by atoms with Crippen LogP contribution in [0.3, 0.4) is 0 Å². The molecule has 12 nitrogen and oxygen atoms in total. The summed E-state index contributed by atoms with van der Waals surface area (Å²) in [5.74, 6) is -0.354. The van der Waals surface area contributed by atoms with Crippen LogP contribution in [0.2, 0.25) is 0 Å². The summed E-state index contributed by atoms with van der Waals surface area (Å²) in [4.78, 5) is 23.7. The second-order valence-electron chi connectivity index (χ2n) is 9.79. The number of hydrogen-bond acceptors (Lipinski definition) is 7. The lowest BCUT2D eigenvalue weighted by Gasteiger charge is -2.31. The Morgan fingerprint density at radius 1 is 0.744 bits per heavy atom. The van der Waals surface area contributed by atoms with Crippen LogP contribution in [0.15, 0.2) is 97.9 Å². The molecule has 0 radical (unpaired) electrons. The highest BCUT2D eigenvalue weighted by molar-refractivity contribution is 7.87. The van der Waals surface area contributed by atoms with Crippen LogP contribution >= 0.6 is 0 Å². The Kier molecular flexibility index (Phi) is 9.76. The number of benzene rings is 2. The van der Waals surface area contributed by atoms with Crippen molar-refractivity contribution in [3.63, 3.8) is 0 Å². The van der Waals surface area contributed by atoms with Crippen molar-refractivity contribution in [2.45, 2.75) is 6.04 Å². The number of imidazole rings is 2. The Bertz CT molecular complexity index is 1770. The normalized spacial score (nSPS) is 12.7. The Balaban J connectivity index is 1.68. The number of rotatable bonds is 12. The zero-order chi connectivity index (χ0) is 31.2. The quantitative estimate of drug-likeness (QED) is 0.222. The molecule has 0 aliphatic carbocycles. The van der Waals surface area contributed by atoms with Gasteiger partial charge in [0.05, 0.1) is 17.4 Å². The van der Waals surface area contributed by atoms with Gasteiger partial charge >= 0.3 is 20.4 Å². The van der Waals surface area contributed by atoms with E-state index in [1.54, 1.807) is 17.1 Å². The first-order valence-electron chi connectivity index (χ1n) is 13.1. The van der Waals surface area contributed by atoms with Gasteiger partial charge in [-0.25, -0.2) is 17.9 Å². The van der Waals surface area contributed by atoms with Crippen molar-refractivity contribution < 1.29 is 21.6 Å². The fraction of sp³-hybridized carbons (Fsp3) is 0.207. The molecule has 0 N–H and O–H groups in total. The van der Waals surface area contributed by atoms with Gasteiger partial charge in [0.2, 0.25) is 5.91 Å². The smallest absolute Gasteiger partial charge is 0.308 e. The number of nitrogens with zero attached hydrogens (tertiary/aromatic N) is 7. The number of hydrogen-bond donors (Lipinski definition) is 0. The highest BCUT2D eigenvalue weighted by Crippen LogP contribution is 2.29. The van der Waals surface area contributed by atoms with Gasteiger partial charge in [-0.15, -0.1) is 0 Å². The fourth-order valence-corrected chi connectivity index (χ4v) is 5.70. The van der Waals surface area contributed by atoms with Gasteiger partial charge in [-0.3, -0.25) is 4.79 Å². The van der Waals surface area contributed by atoms with Crippen molar-refractivity contribution in [2.75, 3.05) is 34.7 Å². The third kappa shape index (κ3) is 7.35. The minimum Gasteiger partial charge on any atom is -0.324 e. The molecule has 226 valence electrons. The lowest BCUT2D eigenvalue weighted by molar-refractivity contribution is -0.127. The van der Waals surface area contributed by atoms with Crippen LogP contribution < -0.4 is 0 Å². The molecule has 0 saturated carbocycles.